The molecule has 0 aliphatic heterocycles. The number of rotatable bonds is 6. The van der Waals surface area contributed by atoms with Gasteiger partial charge >= 0.3 is 0 Å². The summed E-state index contributed by atoms with van der Waals surface area (Å²) in [6, 6.07) is 7.23. The Balaban J connectivity index is 2.69. The first-order valence-electron chi connectivity index (χ1n) is 6.81. The highest BCUT2D eigenvalue weighted by molar-refractivity contribution is 5.99. The van der Waals surface area contributed by atoms with Crippen molar-refractivity contribution in [3.05, 3.63) is 29.8 Å². The third-order valence-corrected chi connectivity index (χ3v) is 3.54. The van der Waals surface area contributed by atoms with Crippen LogP contribution in [0.1, 0.15) is 38.1 Å². The molecular formula is C15H25N3O. The first kappa shape index (κ1) is 15.5. The van der Waals surface area contributed by atoms with Gasteiger partial charge in [0.2, 0.25) is 0 Å². The highest BCUT2D eigenvalue weighted by Crippen LogP contribution is 2.20. The van der Waals surface area contributed by atoms with Crippen molar-refractivity contribution in [2.24, 2.45) is 23.6 Å². The molecule has 0 saturated heterocycles. The molecule has 1 amide bonds. The second kappa shape index (κ2) is 7.14. The average Bonchev–Trinajstić information content (AvgIpc) is 2.37. The Hall–Kier alpha value is -1.55. The molecule has 1 aromatic carbocycles. The summed E-state index contributed by atoms with van der Waals surface area (Å²) in [5, 5.41) is 3.00. The van der Waals surface area contributed by atoms with Crippen molar-refractivity contribution in [1.29, 1.82) is 0 Å². The number of anilines is 1. The third-order valence-electron chi connectivity index (χ3n) is 3.54. The van der Waals surface area contributed by atoms with E-state index in [9.17, 15) is 4.79 Å². The number of hydrazine groups is 1. The number of nitrogen functional groups attached to an aromatic ring is 1. The SMILES string of the molecule is CC(C)C(CNC(=O)c1ccccc1NN)C(C)C. The first-order valence-corrected chi connectivity index (χ1v) is 6.81. The lowest BCUT2D eigenvalue weighted by molar-refractivity contribution is 0.0938. The summed E-state index contributed by atoms with van der Waals surface area (Å²) in [4.78, 5) is 12.2. The molecular weight excluding hydrogens is 238 g/mol. The van der Waals surface area contributed by atoms with Crippen LogP contribution in [0.2, 0.25) is 0 Å². The Morgan fingerprint density at radius 2 is 1.74 bits per heavy atom. The second-order valence-corrected chi connectivity index (χ2v) is 5.55. The van der Waals surface area contributed by atoms with Crippen LogP contribution in [-0.2, 0) is 0 Å². The van der Waals surface area contributed by atoms with Gasteiger partial charge < -0.3 is 10.7 Å². The summed E-state index contributed by atoms with van der Waals surface area (Å²) in [6.07, 6.45) is 0. The molecule has 19 heavy (non-hydrogen) atoms. The molecule has 4 nitrogen and oxygen atoms in total. The number of hydrogen-bond acceptors (Lipinski definition) is 3. The monoisotopic (exact) mass is 263 g/mol. The van der Waals surface area contributed by atoms with E-state index in [1.165, 1.54) is 0 Å². The van der Waals surface area contributed by atoms with E-state index in [2.05, 4.69) is 38.4 Å². The molecule has 0 saturated carbocycles. The van der Waals surface area contributed by atoms with Crippen LogP contribution >= 0.6 is 0 Å². The van der Waals surface area contributed by atoms with E-state index in [1.54, 1.807) is 12.1 Å². The molecule has 1 rings (SSSR count). The number of carbonyl (C=O) groups excluding carboxylic acids is 1. The average molecular weight is 263 g/mol. The van der Waals surface area contributed by atoms with Crippen LogP contribution in [0.4, 0.5) is 5.69 Å². The van der Waals surface area contributed by atoms with Crippen LogP contribution in [0, 0.1) is 17.8 Å². The largest absolute Gasteiger partial charge is 0.352 e. The zero-order valence-corrected chi connectivity index (χ0v) is 12.2. The van der Waals surface area contributed by atoms with Crippen molar-refractivity contribution in [3.63, 3.8) is 0 Å². The Morgan fingerprint density at radius 1 is 1.16 bits per heavy atom. The Bertz CT molecular complexity index is 408. The maximum absolute atomic E-state index is 12.2. The smallest absolute Gasteiger partial charge is 0.253 e. The lowest BCUT2D eigenvalue weighted by Gasteiger charge is -2.25. The summed E-state index contributed by atoms with van der Waals surface area (Å²) < 4.78 is 0. The van der Waals surface area contributed by atoms with Crippen molar-refractivity contribution in [1.82, 2.24) is 5.32 Å². The van der Waals surface area contributed by atoms with Crippen LogP contribution in [0.25, 0.3) is 0 Å². The minimum atomic E-state index is -0.0835. The molecule has 0 atom stereocenters. The van der Waals surface area contributed by atoms with Gasteiger partial charge in [0.05, 0.1) is 11.3 Å². The fourth-order valence-electron chi connectivity index (χ4n) is 2.35. The van der Waals surface area contributed by atoms with Gasteiger partial charge in [0, 0.05) is 6.54 Å². The first-order chi connectivity index (χ1) is 8.97. The quantitative estimate of drug-likeness (QED) is 0.546. The molecule has 4 heteroatoms. The zero-order chi connectivity index (χ0) is 14.4. The minimum absolute atomic E-state index is 0.0835. The van der Waals surface area contributed by atoms with Gasteiger partial charge in [-0.3, -0.25) is 10.6 Å². The van der Waals surface area contributed by atoms with Gasteiger partial charge in [-0.1, -0.05) is 39.8 Å². The summed E-state index contributed by atoms with van der Waals surface area (Å²) >= 11 is 0. The van der Waals surface area contributed by atoms with Crippen molar-refractivity contribution in [3.8, 4) is 0 Å². The van der Waals surface area contributed by atoms with E-state index in [1.807, 2.05) is 12.1 Å². The number of nitrogens with two attached hydrogens (primary N) is 1. The third kappa shape index (κ3) is 4.24. The van der Waals surface area contributed by atoms with E-state index < -0.39 is 0 Å². The molecule has 1 aromatic rings. The molecule has 0 spiro atoms. The van der Waals surface area contributed by atoms with E-state index in [0.717, 1.165) is 0 Å². The Labute approximate surface area is 115 Å². The number of hydrogen-bond donors (Lipinski definition) is 3. The highest BCUT2D eigenvalue weighted by atomic mass is 16.1. The molecule has 106 valence electrons. The van der Waals surface area contributed by atoms with Gasteiger partial charge in [-0.2, -0.15) is 0 Å². The predicted molar refractivity (Wildman–Crippen MR) is 79.8 cm³/mol. The van der Waals surface area contributed by atoms with E-state index in [4.69, 9.17) is 5.84 Å². The number of benzene rings is 1. The lowest BCUT2D eigenvalue weighted by atomic mass is 9.85. The van der Waals surface area contributed by atoms with Gasteiger partial charge in [0.25, 0.3) is 5.91 Å². The number of amides is 1. The van der Waals surface area contributed by atoms with Crippen LogP contribution in [-0.4, -0.2) is 12.5 Å². The van der Waals surface area contributed by atoms with Gasteiger partial charge in [-0.15, -0.1) is 0 Å². The maximum atomic E-state index is 12.2. The molecule has 0 fully saturated rings. The summed E-state index contributed by atoms with van der Waals surface area (Å²) in [6.45, 7) is 9.43. The van der Waals surface area contributed by atoms with Gasteiger partial charge in [0.1, 0.15) is 0 Å². The van der Waals surface area contributed by atoms with E-state index >= 15 is 0 Å². The van der Waals surface area contributed by atoms with Crippen molar-refractivity contribution in [2.75, 3.05) is 12.0 Å². The number of para-hydroxylation sites is 1. The minimum Gasteiger partial charge on any atom is -0.352 e. The predicted octanol–water partition coefficient (Wildman–Crippen LogP) is 2.63. The van der Waals surface area contributed by atoms with Crippen molar-refractivity contribution >= 4 is 11.6 Å². The van der Waals surface area contributed by atoms with Crippen molar-refractivity contribution < 1.29 is 4.79 Å². The molecule has 4 N–H and O–H groups in total. The van der Waals surface area contributed by atoms with Crippen LogP contribution in [0.15, 0.2) is 24.3 Å². The molecule has 0 radical (unpaired) electrons. The van der Waals surface area contributed by atoms with Gasteiger partial charge in [-0.05, 0) is 29.9 Å². The Kier molecular flexibility index (Phi) is 5.83. The topological polar surface area (TPSA) is 67.2 Å². The molecule has 0 aromatic heterocycles. The maximum Gasteiger partial charge on any atom is 0.253 e. The van der Waals surface area contributed by atoms with Crippen LogP contribution in [0.5, 0.6) is 0 Å². The molecule has 0 aliphatic carbocycles. The fraction of sp³-hybridized carbons (Fsp3) is 0.533. The van der Waals surface area contributed by atoms with Gasteiger partial charge in [0.15, 0.2) is 0 Å². The van der Waals surface area contributed by atoms with E-state index in [-0.39, 0.29) is 5.91 Å². The number of carbonyl (C=O) groups is 1. The lowest BCUT2D eigenvalue weighted by Crippen LogP contribution is -2.34. The summed E-state index contributed by atoms with van der Waals surface area (Å²) in [5.41, 5.74) is 3.77. The molecule has 0 heterocycles. The van der Waals surface area contributed by atoms with Crippen LogP contribution in [0.3, 0.4) is 0 Å². The standard InChI is InChI=1S/C15H25N3O/c1-10(2)13(11(3)4)9-17-15(19)12-7-5-6-8-14(12)18-16/h5-8,10-11,13,18H,9,16H2,1-4H3,(H,17,19). The molecule has 0 bridgehead atoms. The fourth-order valence-corrected chi connectivity index (χ4v) is 2.35. The van der Waals surface area contributed by atoms with E-state index in [0.29, 0.717) is 35.5 Å². The van der Waals surface area contributed by atoms with Gasteiger partial charge in [-0.25, -0.2) is 0 Å². The normalized spacial score (nSPS) is 11.2. The number of nitrogens with one attached hydrogen (secondary N) is 2. The van der Waals surface area contributed by atoms with Crippen LogP contribution < -0.4 is 16.6 Å². The highest BCUT2D eigenvalue weighted by Gasteiger charge is 2.19. The second-order valence-electron chi connectivity index (χ2n) is 5.55. The molecule has 0 aliphatic rings. The zero-order valence-electron chi connectivity index (χ0n) is 12.2. The molecule has 0 unspecified atom stereocenters. The summed E-state index contributed by atoms with van der Waals surface area (Å²) in [7, 11) is 0. The Morgan fingerprint density at radius 3 is 2.26 bits per heavy atom. The van der Waals surface area contributed by atoms with Crippen molar-refractivity contribution in [2.45, 2.75) is 27.7 Å². The summed E-state index contributed by atoms with van der Waals surface area (Å²) in [5.74, 6) is 6.89.